The predicted octanol–water partition coefficient (Wildman–Crippen LogP) is -0.0852. The van der Waals surface area contributed by atoms with Gasteiger partial charge in [0.25, 0.3) is 0 Å². The molecule has 1 atom stereocenters. The first-order valence-corrected chi connectivity index (χ1v) is 3.68. The van der Waals surface area contributed by atoms with E-state index in [2.05, 4.69) is 11.2 Å². The van der Waals surface area contributed by atoms with Gasteiger partial charge in [-0.25, -0.2) is 0 Å². The fourth-order valence-electron chi connectivity index (χ4n) is 1.10. The van der Waals surface area contributed by atoms with Crippen LogP contribution >= 0.6 is 0 Å². The Morgan fingerprint density at radius 2 is 2.64 bits per heavy atom. The molecule has 60 valence electrons. The highest BCUT2D eigenvalue weighted by molar-refractivity contribution is 5.76. The highest BCUT2D eigenvalue weighted by Gasteiger charge is 2.22. The summed E-state index contributed by atoms with van der Waals surface area (Å²) >= 11 is 0. The Hall–Kier alpha value is -1.01. The molecule has 1 aliphatic heterocycles. The predicted molar refractivity (Wildman–Crippen MR) is 40.8 cm³/mol. The lowest BCUT2D eigenvalue weighted by Gasteiger charge is -2.07. The van der Waals surface area contributed by atoms with Crippen molar-refractivity contribution in [1.82, 2.24) is 5.32 Å². The zero-order chi connectivity index (χ0) is 8.10. The second-order valence-electron chi connectivity index (χ2n) is 2.46. The van der Waals surface area contributed by atoms with Gasteiger partial charge in [-0.2, -0.15) is 0 Å². The van der Waals surface area contributed by atoms with Crippen LogP contribution in [0.3, 0.4) is 0 Å². The Morgan fingerprint density at radius 3 is 3.18 bits per heavy atom. The van der Waals surface area contributed by atoms with Crippen molar-refractivity contribution in [1.29, 1.82) is 0 Å². The average molecular weight is 153 g/mol. The van der Waals surface area contributed by atoms with Crippen LogP contribution < -0.4 is 5.32 Å². The molecule has 0 spiro atoms. The maximum absolute atomic E-state index is 11.0. The number of carbonyl (C=O) groups excluding carboxylic acids is 1. The number of ether oxygens (including phenoxy) is 1. The number of hydrogen-bond acceptors (Lipinski definition) is 3. The van der Waals surface area contributed by atoms with Crippen molar-refractivity contribution in [2.24, 2.45) is 0 Å². The van der Waals surface area contributed by atoms with Gasteiger partial charge >= 0.3 is 5.97 Å². The molecule has 1 saturated heterocycles. The van der Waals surface area contributed by atoms with Crippen LogP contribution in [0, 0.1) is 12.3 Å². The van der Waals surface area contributed by atoms with Crippen molar-refractivity contribution in [2.45, 2.75) is 18.9 Å². The van der Waals surface area contributed by atoms with Gasteiger partial charge in [0.05, 0.1) is 0 Å². The van der Waals surface area contributed by atoms with E-state index < -0.39 is 0 Å². The first-order chi connectivity index (χ1) is 5.34. The van der Waals surface area contributed by atoms with Crippen molar-refractivity contribution in [3.63, 3.8) is 0 Å². The molecule has 0 radical (unpaired) electrons. The smallest absolute Gasteiger partial charge is 0.324 e. The summed E-state index contributed by atoms with van der Waals surface area (Å²) < 4.78 is 4.74. The molecule has 3 heteroatoms. The third-order valence-corrected chi connectivity index (χ3v) is 1.64. The third-order valence-electron chi connectivity index (χ3n) is 1.64. The van der Waals surface area contributed by atoms with E-state index in [1.807, 2.05) is 0 Å². The lowest BCUT2D eigenvalue weighted by Crippen LogP contribution is -2.32. The van der Waals surface area contributed by atoms with Crippen molar-refractivity contribution in [3.05, 3.63) is 0 Å². The summed E-state index contributed by atoms with van der Waals surface area (Å²) in [6, 6.07) is -0.122. The van der Waals surface area contributed by atoms with Gasteiger partial charge in [-0.1, -0.05) is 5.92 Å². The molecule has 0 bridgehead atoms. The Kier molecular flexibility index (Phi) is 2.94. The number of rotatable bonds is 2. The van der Waals surface area contributed by atoms with Crippen LogP contribution in [0.2, 0.25) is 0 Å². The summed E-state index contributed by atoms with van der Waals surface area (Å²) in [6.07, 6.45) is 6.83. The first-order valence-electron chi connectivity index (χ1n) is 3.68. The van der Waals surface area contributed by atoms with Gasteiger partial charge in [-0.05, 0) is 19.4 Å². The van der Waals surface area contributed by atoms with Crippen LogP contribution in [0.25, 0.3) is 0 Å². The standard InChI is InChI=1S/C8H11NO2/c1-2-6-11-8(10)7-4-3-5-9-7/h1,7,9H,3-6H2. The third kappa shape index (κ3) is 2.24. The number of hydrogen-bond donors (Lipinski definition) is 1. The molecule has 1 N–H and O–H groups in total. The van der Waals surface area contributed by atoms with Crippen molar-refractivity contribution >= 4 is 5.97 Å². The molecule has 1 unspecified atom stereocenters. The molecular weight excluding hydrogens is 142 g/mol. The van der Waals surface area contributed by atoms with Gasteiger partial charge in [-0.15, -0.1) is 6.42 Å². The van der Waals surface area contributed by atoms with E-state index >= 15 is 0 Å². The van der Waals surface area contributed by atoms with Gasteiger partial charge in [0.15, 0.2) is 6.61 Å². The Morgan fingerprint density at radius 1 is 1.82 bits per heavy atom. The van der Waals surface area contributed by atoms with Gasteiger partial charge < -0.3 is 10.1 Å². The summed E-state index contributed by atoms with van der Waals surface area (Å²) in [5, 5.41) is 3.02. The minimum absolute atomic E-state index is 0.0804. The highest BCUT2D eigenvalue weighted by atomic mass is 16.5. The summed E-state index contributed by atoms with van der Waals surface area (Å²) in [4.78, 5) is 11.0. The Balaban J connectivity index is 2.24. The molecule has 1 aliphatic rings. The van der Waals surface area contributed by atoms with Crippen molar-refractivity contribution in [3.8, 4) is 12.3 Å². The van der Waals surface area contributed by atoms with Crippen molar-refractivity contribution < 1.29 is 9.53 Å². The summed E-state index contributed by atoms with van der Waals surface area (Å²) in [5.74, 6) is 2.03. The van der Waals surface area contributed by atoms with Gasteiger partial charge in [-0.3, -0.25) is 4.79 Å². The molecule has 0 aliphatic carbocycles. The maximum atomic E-state index is 11.0. The van der Waals surface area contributed by atoms with Gasteiger partial charge in [0.2, 0.25) is 0 Å². The minimum Gasteiger partial charge on any atom is -0.451 e. The fraction of sp³-hybridized carbons (Fsp3) is 0.625. The highest BCUT2D eigenvalue weighted by Crippen LogP contribution is 2.05. The molecule has 0 aromatic rings. The molecule has 3 nitrogen and oxygen atoms in total. The van der Waals surface area contributed by atoms with E-state index in [9.17, 15) is 4.79 Å². The molecule has 1 rings (SSSR count). The van der Waals surface area contributed by atoms with E-state index in [1.165, 1.54) is 0 Å². The number of carbonyl (C=O) groups is 1. The van der Waals surface area contributed by atoms with Crippen LogP contribution in [-0.4, -0.2) is 25.2 Å². The average Bonchev–Trinajstić information content (AvgIpc) is 2.52. The SMILES string of the molecule is C#CCOC(=O)C1CCCN1. The van der Waals surface area contributed by atoms with Gasteiger partial charge in [0.1, 0.15) is 6.04 Å². The van der Waals surface area contributed by atoms with Crippen LogP contribution in [-0.2, 0) is 9.53 Å². The Labute approximate surface area is 66.1 Å². The van der Waals surface area contributed by atoms with Gasteiger partial charge in [0, 0.05) is 0 Å². The number of nitrogens with one attached hydrogen (secondary N) is 1. The zero-order valence-corrected chi connectivity index (χ0v) is 6.30. The van der Waals surface area contributed by atoms with E-state index in [0.717, 1.165) is 19.4 Å². The normalized spacial score (nSPS) is 22.6. The first kappa shape index (κ1) is 8.09. The van der Waals surface area contributed by atoms with Crippen molar-refractivity contribution in [2.75, 3.05) is 13.2 Å². The molecule has 11 heavy (non-hydrogen) atoms. The summed E-state index contributed by atoms with van der Waals surface area (Å²) in [6.45, 7) is 0.979. The molecular formula is C8H11NO2. The fourth-order valence-corrected chi connectivity index (χ4v) is 1.10. The largest absolute Gasteiger partial charge is 0.451 e. The molecule has 1 heterocycles. The topological polar surface area (TPSA) is 38.3 Å². The van der Waals surface area contributed by atoms with Crippen LogP contribution in [0.5, 0.6) is 0 Å². The zero-order valence-electron chi connectivity index (χ0n) is 6.30. The molecule has 1 fully saturated rings. The lowest BCUT2D eigenvalue weighted by molar-refractivity contribution is -0.144. The number of terminal acetylenes is 1. The maximum Gasteiger partial charge on any atom is 0.324 e. The van der Waals surface area contributed by atoms with E-state index in [0.29, 0.717) is 0 Å². The second kappa shape index (κ2) is 3.99. The summed E-state index contributed by atoms with van der Waals surface area (Å²) in [7, 11) is 0. The van der Waals surface area contributed by atoms with E-state index in [1.54, 1.807) is 0 Å². The lowest BCUT2D eigenvalue weighted by atomic mass is 10.2. The molecule has 0 saturated carbocycles. The van der Waals surface area contributed by atoms with Crippen LogP contribution in [0.1, 0.15) is 12.8 Å². The van der Waals surface area contributed by atoms with E-state index in [-0.39, 0.29) is 18.6 Å². The minimum atomic E-state index is -0.222. The second-order valence-corrected chi connectivity index (χ2v) is 2.46. The Bertz CT molecular complexity index is 177. The molecule has 0 amide bonds. The summed E-state index contributed by atoms with van der Waals surface area (Å²) in [5.41, 5.74) is 0. The van der Waals surface area contributed by atoms with Crippen LogP contribution in [0.15, 0.2) is 0 Å². The van der Waals surface area contributed by atoms with E-state index in [4.69, 9.17) is 11.2 Å². The molecule has 0 aromatic carbocycles. The number of esters is 1. The molecule has 0 aromatic heterocycles. The van der Waals surface area contributed by atoms with Crippen LogP contribution in [0.4, 0.5) is 0 Å². The quantitative estimate of drug-likeness (QED) is 0.445. The monoisotopic (exact) mass is 153 g/mol.